The van der Waals surface area contributed by atoms with E-state index in [9.17, 15) is 9.18 Å². The van der Waals surface area contributed by atoms with E-state index >= 15 is 0 Å². The number of carbonyl (C=O) groups is 1. The van der Waals surface area contributed by atoms with Gasteiger partial charge in [0.1, 0.15) is 11.9 Å². The van der Waals surface area contributed by atoms with Gasteiger partial charge in [-0.15, -0.1) is 0 Å². The number of benzene rings is 1. The van der Waals surface area contributed by atoms with Gasteiger partial charge in [-0.2, -0.15) is 0 Å². The zero-order chi connectivity index (χ0) is 15.9. The highest BCUT2D eigenvalue weighted by atomic mass is 19.1. The molecule has 0 radical (unpaired) electrons. The molecule has 1 aromatic rings. The minimum atomic E-state index is -0.431. The summed E-state index contributed by atoms with van der Waals surface area (Å²) < 4.78 is 24.5. The molecule has 1 aromatic carbocycles. The van der Waals surface area contributed by atoms with Gasteiger partial charge in [-0.1, -0.05) is 0 Å². The van der Waals surface area contributed by atoms with Crippen molar-refractivity contribution in [3.05, 3.63) is 24.0 Å². The lowest BCUT2D eigenvalue weighted by Gasteiger charge is -2.29. The number of esters is 1. The maximum absolute atomic E-state index is 14.2. The monoisotopic (exact) mass is 311 g/mol. The molecule has 1 heterocycles. The Bertz CT molecular complexity index is 507. The van der Waals surface area contributed by atoms with Crippen LogP contribution in [0.25, 0.3) is 0 Å². The van der Waals surface area contributed by atoms with Gasteiger partial charge in [-0.05, 0) is 18.2 Å². The van der Waals surface area contributed by atoms with Crippen LogP contribution in [0.2, 0.25) is 0 Å². The molecule has 1 saturated heterocycles. The fraction of sp³-hybridized carbons (Fsp3) is 0.533. The third-order valence-electron chi connectivity index (χ3n) is 3.43. The number of rotatable bonds is 6. The van der Waals surface area contributed by atoms with Crippen LogP contribution in [0.5, 0.6) is 0 Å². The highest BCUT2D eigenvalue weighted by Gasteiger charge is 2.16. The van der Waals surface area contributed by atoms with E-state index in [0.29, 0.717) is 44.2 Å². The molecule has 6 nitrogen and oxygen atoms in total. The Labute approximate surface area is 129 Å². The van der Waals surface area contributed by atoms with Crippen molar-refractivity contribution in [3.63, 3.8) is 0 Å². The Morgan fingerprint density at radius 3 is 2.82 bits per heavy atom. The van der Waals surface area contributed by atoms with Crippen molar-refractivity contribution < 1.29 is 18.7 Å². The van der Waals surface area contributed by atoms with Crippen LogP contribution < -0.4 is 16.0 Å². The van der Waals surface area contributed by atoms with Crippen LogP contribution in [0, 0.1) is 5.82 Å². The zero-order valence-electron chi connectivity index (χ0n) is 12.7. The Hall–Kier alpha value is -1.86. The standard InChI is InChI=1S/C15H22FN3O3/c1-11(20)22-13(9-17)10-18-12-2-3-15(14(16)8-12)19-4-6-21-7-5-19/h2-3,8,13,18H,4-7,9-10,17H2,1H3/t13-/m1/s1. The quantitative estimate of drug-likeness (QED) is 0.762. The smallest absolute Gasteiger partial charge is 0.303 e. The third-order valence-corrected chi connectivity index (χ3v) is 3.43. The fourth-order valence-electron chi connectivity index (χ4n) is 2.32. The number of hydrogen-bond acceptors (Lipinski definition) is 6. The topological polar surface area (TPSA) is 76.8 Å². The summed E-state index contributed by atoms with van der Waals surface area (Å²) in [4.78, 5) is 12.9. The average molecular weight is 311 g/mol. The number of nitrogens with two attached hydrogens (primary N) is 1. The predicted molar refractivity (Wildman–Crippen MR) is 82.5 cm³/mol. The van der Waals surface area contributed by atoms with Crippen LogP contribution in [0.4, 0.5) is 15.8 Å². The first-order chi connectivity index (χ1) is 10.6. The molecule has 0 aromatic heterocycles. The number of nitrogens with one attached hydrogen (secondary N) is 1. The number of morpholine rings is 1. The zero-order valence-corrected chi connectivity index (χ0v) is 12.7. The first-order valence-corrected chi connectivity index (χ1v) is 7.33. The first kappa shape index (κ1) is 16.5. The fourth-order valence-corrected chi connectivity index (χ4v) is 2.32. The predicted octanol–water partition coefficient (Wildman–Crippen LogP) is 0.965. The molecule has 122 valence electrons. The summed E-state index contributed by atoms with van der Waals surface area (Å²) in [5.41, 5.74) is 6.73. The highest BCUT2D eigenvalue weighted by molar-refractivity contribution is 5.66. The van der Waals surface area contributed by atoms with Crippen molar-refractivity contribution >= 4 is 17.3 Å². The van der Waals surface area contributed by atoms with Gasteiger partial charge in [0, 0.05) is 32.2 Å². The Balaban J connectivity index is 1.95. The first-order valence-electron chi connectivity index (χ1n) is 7.33. The van der Waals surface area contributed by atoms with Gasteiger partial charge < -0.3 is 25.4 Å². The molecule has 22 heavy (non-hydrogen) atoms. The summed E-state index contributed by atoms with van der Waals surface area (Å²) in [6.07, 6.45) is -0.431. The molecule has 0 bridgehead atoms. The Kier molecular flexibility index (Phi) is 5.97. The molecule has 0 amide bonds. The lowest BCUT2D eigenvalue weighted by Crippen LogP contribution is -2.36. The second-order valence-electron chi connectivity index (χ2n) is 5.11. The summed E-state index contributed by atoms with van der Waals surface area (Å²) >= 11 is 0. The van der Waals surface area contributed by atoms with Crippen LogP contribution in [-0.2, 0) is 14.3 Å². The van der Waals surface area contributed by atoms with E-state index in [2.05, 4.69) is 5.32 Å². The molecule has 3 N–H and O–H groups in total. The summed E-state index contributed by atoms with van der Waals surface area (Å²) in [6, 6.07) is 4.98. The van der Waals surface area contributed by atoms with E-state index < -0.39 is 6.10 Å². The molecule has 0 spiro atoms. The minimum Gasteiger partial charge on any atom is -0.459 e. The lowest BCUT2D eigenvalue weighted by atomic mass is 10.2. The minimum absolute atomic E-state index is 0.209. The lowest BCUT2D eigenvalue weighted by molar-refractivity contribution is -0.145. The molecule has 0 unspecified atom stereocenters. The van der Waals surface area contributed by atoms with Gasteiger partial charge in [0.2, 0.25) is 0 Å². The maximum Gasteiger partial charge on any atom is 0.303 e. The summed E-state index contributed by atoms with van der Waals surface area (Å²) in [7, 11) is 0. The van der Waals surface area contributed by atoms with Crippen LogP contribution >= 0.6 is 0 Å². The van der Waals surface area contributed by atoms with Crippen LogP contribution in [0.1, 0.15) is 6.92 Å². The molecule has 0 aliphatic carbocycles. The molecule has 0 saturated carbocycles. The van der Waals surface area contributed by atoms with Gasteiger partial charge in [-0.25, -0.2) is 4.39 Å². The second kappa shape index (κ2) is 7.95. The normalized spacial score (nSPS) is 16.2. The third kappa shape index (κ3) is 4.57. The second-order valence-corrected chi connectivity index (χ2v) is 5.11. The van der Waals surface area contributed by atoms with Crippen LogP contribution in [-0.4, -0.2) is 51.5 Å². The van der Waals surface area contributed by atoms with Crippen molar-refractivity contribution in [2.75, 3.05) is 49.6 Å². The Morgan fingerprint density at radius 2 is 2.23 bits per heavy atom. The number of carbonyl (C=O) groups excluding carboxylic acids is 1. The van der Waals surface area contributed by atoms with Gasteiger partial charge in [0.15, 0.2) is 0 Å². The van der Waals surface area contributed by atoms with Gasteiger partial charge in [0.05, 0.1) is 25.4 Å². The molecule has 2 rings (SSSR count). The van der Waals surface area contributed by atoms with Crippen molar-refractivity contribution in [1.29, 1.82) is 0 Å². The average Bonchev–Trinajstić information content (AvgIpc) is 2.52. The van der Waals surface area contributed by atoms with Crippen LogP contribution in [0.15, 0.2) is 18.2 Å². The van der Waals surface area contributed by atoms with Crippen molar-refractivity contribution in [3.8, 4) is 0 Å². The highest BCUT2D eigenvalue weighted by Crippen LogP contribution is 2.23. The van der Waals surface area contributed by atoms with Crippen molar-refractivity contribution in [2.45, 2.75) is 13.0 Å². The number of hydrogen-bond donors (Lipinski definition) is 2. The number of anilines is 2. The molecule has 1 atom stereocenters. The molecular formula is C15H22FN3O3. The molecule has 1 aliphatic heterocycles. The number of nitrogens with zero attached hydrogens (tertiary/aromatic N) is 1. The number of ether oxygens (including phenoxy) is 2. The Morgan fingerprint density at radius 1 is 1.50 bits per heavy atom. The van der Waals surface area contributed by atoms with E-state index in [4.69, 9.17) is 15.2 Å². The van der Waals surface area contributed by atoms with Gasteiger partial charge >= 0.3 is 5.97 Å². The molecule has 7 heteroatoms. The SMILES string of the molecule is CC(=O)O[C@H](CN)CNc1ccc(N2CCOCC2)c(F)c1. The summed E-state index contributed by atoms with van der Waals surface area (Å²) in [6.45, 7) is 4.48. The van der Waals surface area contributed by atoms with E-state index in [-0.39, 0.29) is 18.3 Å². The largest absolute Gasteiger partial charge is 0.459 e. The van der Waals surface area contributed by atoms with E-state index in [0.717, 1.165) is 0 Å². The molecule has 1 aliphatic rings. The van der Waals surface area contributed by atoms with Crippen molar-refractivity contribution in [1.82, 2.24) is 0 Å². The van der Waals surface area contributed by atoms with E-state index in [1.165, 1.54) is 13.0 Å². The molecule has 1 fully saturated rings. The van der Waals surface area contributed by atoms with E-state index in [1.807, 2.05) is 4.90 Å². The van der Waals surface area contributed by atoms with Gasteiger partial charge in [0.25, 0.3) is 0 Å². The van der Waals surface area contributed by atoms with Crippen molar-refractivity contribution in [2.24, 2.45) is 5.73 Å². The number of halogens is 1. The summed E-state index contributed by atoms with van der Waals surface area (Å²) in [5.74, 6) is -0.671. The van der Waals surface area contributed by atoms with Crippen LogP contribution in [0.3, 0.4) is 0 Å². The van der Waals surface area contributed by atoms with Gasteiger partial charge in [-0.3, -0.25) is 4.79 Å². The summed E-state index contributed by atoms with van der Waals surface area (Å²) in [5, 5.41) is 3.03. The maximum atomic E-state index is 14.2. The molecular weight excluding hydrogens is 289 g/mol. The van der Waals surface area contributed by atoms with E-state index in [1.54, 1.807) is 12.1 Å².